The van der Waals surface area contributed by atoms with Crippen LogP contribution >= 0.6 is 41.6 Å². The zero-order chi connectivity index (χ0) is 73.0. The molecule has 4 aliphatic heterocycles. The van der Waals surface area contributed by atoms with Crippen molar-refractivity contribution in [1.29, 1.82) is 0 Å². The summed E-state index contributed by atoms with van der Waals surface area (Å²) in [5, 5.41) is 21.3. The fraction of sp³-hybridized carbons (Fsp3) is 0.724. The minimum absolute atomic E-state index is 0.0114. The highest BCUT2D eigenvalue weighted by atomic mass is 32.7. The summed E-state index contributed by atoms with van der Waals surface area (Å²) < 4.78 is 135. The van der Waals surface area contributed by atoms with Crippen LogP contribution in [0.2, 0.25) is 0 Å². The summed E-state index contributed by atoms with van der Waals surface area (Å²) in [6, 6.07) is 0. The molecule has 10 rings (SSSR count). The van der Waals surface area contributed by atoms with Crippen LogP contribution < -0.4 is 17.2 Å². The molecule has 0 bridgehead atoms. The number of nitrogens with two attached hydrogens (primary N) is 3. The van der Waals surface area contributed by atoms with Crippen LogP contribution in [0.5, 0.6) is 0 Å². The van der Waals surface area contributed by atoms with E-state index in [0.717, 1.165) is 51.0 Å². The number of aliphatic hydroxyl groups is 2. The Morgan fingerprint density at radius 1 is 0.618 bits per heavy atom. The third-order valence-corrected chi connectivity index (χ3v) is 23.9. The largest absolute Gasteiger partial charge is 0.472 e. The molecule has 4 saturated heterocycles. The van der Waals surface area contributed by atoms with Gasteiger partial charge in [-0.2, -0.15) is 0 Å². The van der Waals surface area contributed by atoms with E-state index in [9.17, 15) is 47.7 Å². The molecule has 0 amide bonds. The first-order valence-electron chi connectivity index (χ1n) is 33.7. The van der Waals surface area contributed by atoms with Crippen molar-refractivity contribution in [3.05, 3.63) is 38.0 Å². The van der Waals surface area contributed by atoms with Crippen LogP contribution in [0.25, 0.3) is 33.5 Å². The third-order valence-electron chi connectivity index (χ3n) is 18.0. The van der Waals surface area contributed by atoms with Crippen molar-refractivity contribution in [3.63, 3.8) is 0 Å². The van der Waals surface area contributed by atoms with E-state index in [0.29, 0.717) is 17.8 Å². The van der Waals surface area contributed by atoms with Crippen molar-refractivity contribution in [2.24, 2.45) is 5.41 Å². The number of carbonyl (C=O) groups excluding carboxylic acids is 1. The van der Waals surface area contributed by atoms with E-state index >= 15 is 0 Å². The summed E-state index contributed by atoms with van der Waals surface area (Å²) >= 11 is 0.497. The molecule has 6 aromatic heterocycles. The number of hydrogen-bond donors (Lipinski definition) is 9. The number of phosphoric acid groups is 3. The number of nitrogen functional groups attached to an aromatic ring is 3. The zero-order valence-corrected chi connectivity index (χ0v) is 61.2. The summed E-state index contributed by atoms with van der Waals surface area (Å²) in [5.41, 5.74) is 16.1. The molecule has 0 radical (unpaired) electrons. The fourth-order valence-corrected chi connectivity index (χ4v) is 17.8. The van der Waals surface area contributed by atoms with E-state index in [4.69, 9.17) is 82.4 Å². The van der Waals surface area contributed by atoms with Gasteiger partial charge < -0.3 is 75.4 Å². The fourth-order valence-electron chi connectivity index (χ4n) is 12.8. The van der Waals surface area contributed by atoms with Gasteiger partial charge in [0, 0.05) is 19.5 Å². The topological polar surface area (TPSA) is 536 Å². The number of carbonyl (C=O) groups is 1. The predicted octanol–water partition coefficient (Wildman–Crippen LogP) is 6.66. The number of anilines is 3. The normalized spacial score (nSPS) is 27.1. The van der Waals surface area contributed by atoms with E-state index < -0.39 is 148 Å². The number of nitrogens with zero attached hydrogens (tertiary/aromatic N) is 12. The molecular weight excluding hydrogens is 1450 g/mol. The van der Waals surface area contributed by atoms with Crippen molar-refractivity contribution in [3.8, 4) is 0 Å². The molecule has 6 aromatic rings. The Morgan fingerprint density at radius 3 is 1.66 bits per heavy atom. The second kappa shape index (κ2) is 35.2. The lowest BCUT2D eigenvalue weighted by Crippen LogP contribution is -2.51. The molecule has 0 spiro atoms. The van der Waals surface area contributed by atoms with Crippen molar-refractivity contribution in [1.82, 2.24) is 58.6 Å². The van der Waals surface area contributed by atoms with E-state index in [1.54, 1.807) is 0 Å². The maximum Gasteiger partial charge on any atom is 0.472 e. The Labute approximate surface area is 590 Å². The summed E-state index contributed by atoms with van der Waals surface area (Å²) in [4.78, 5) is 96.1. The molecule has 10 unspecified atom stereocenters. The first-order chi connectivity index (χ1) is 48.7. The predicted molar refractivity (Wildman–Crippen MR) is 363 cm³/mol. The molecule has 568 valence electrons. The Kier molecular flexibility index (Phi) is 27.5. The van der Waals surface area contributed by atoms with Gasteiger partial charge in [0.1, 0.15) is 96.6 Å². The smallest absolute Gasteiger partial charge is 0.464 e. The van der Waals surface area contributed by atoms with Gasteiger partial charge in [0.05, 0.1) is 57.4 Å². The van der Waals surface area contributed by atoms with Crippen LogP contribution in [0.4, 0.5) is 17.5 Å². The molecule has 0 aliphatic carbocycles. The van der Waals surface area contributed by atoms with Gasteiger partial charge in [0.15, 0.2) is 53.1 Å². The van der Waals surface area contributed by atoms with Gasteiger partial charge in [0.25, 0.3) is 0 Å². The van der Waals surface area contributed by atoms with Gasteiger partial charge >= 0.3 is 36.2 Å². The highest BCUT2D eigenvalue weighted by Gasteiger charge is 2.62. The van der Waals surface area contributed by atoms with E-state index in [-0.39, 0.29) is 82.8 Å². The molecule has 4 aliphatic rings. The molecule has 10 heterocycles. The first kappa shape index (κ1) is 79.6. The first-order valence-corrected chi connectivity index (χ1v) is 41.3. The SMILES string of the molecule is CCCCCCCCCCCCCCCCC(C)(C)C(=O)OCCSP(=O)(O)OC1C2OCCC[C@]2(COP(=O)(O)OC2C(O)[C@@H](COP(=O)(O)OC3C(OC)[C@@H](COP(=O)(O)OCCO)O[C@H]3n3cnc4c(N)ncnc43)O[C@H]2n2cnc3c(N)ncnc32)O[C@H]1n1cnc2c(N)ncnc21. The third kappa shape index (κ3) is 19.6. The second-order valence-electron chi connectivity index (χ2n) is 25.7. The van der Waals surface area contributed by atoms with Gasteiger partial charge in [-0.1, -0.05) is 96.8 Å². The number of methoxy groups -OCH3 is 1. The molecule has 44 heteroatoms. The number of rotatable bonds is 42. The van der Waals surface area contributed by atoms with Crippen molar-refractivity contribution in [2.45, 2.75) is 203 Å². The Bertz CT molecular complexity index is 3960. The summed E-state index contributed by atoms with van der Waals surface area (Å²) in [6.07, 6.45) is 7.05. The molecule has 102 heavy (non-hydrogen) atoms. The average molecular weight is 1540 g/mol. The van der Waals surface area contributed by atoms with E-state index in [1.165, 1.54) is 97.7 Å². The maximum absolute atomic E-state index is 14.6. The van der Waals surface area contributed by atoms with Gasteiger partial charge in [-0.25, -0.2) is 63.1 Å². The van der Waals surface area contributed by atoms with Crippen LogP contribution in [0.1, 0.15) is 149 Å². The lowest BCUT2D eigenvalue weighted by molar-refractivity contribution is -0.165. The molecule has 0 aromatic carbocycles. The summed E-state index contributed by atoms with van der Waals surface area (Å²) in [7, 11) is -14.6. The number of aliphatic hydroxyl groups excluding tert-OH is 2. The average Bonchev–Trinajstić information content (AvgIpc) is 1.59. The minimum Gasteiger partial charge on any atom is -0.464 e. The van der Waals surface area contributed by atoms with Crippen LogP contribution in [0.3, 0.4) is 0 Å². The zero-order valence-electron chi connectivity index (χ0n) is 56.8. The highest BCUT2D eigenvalue weighted by molar-refractivity contribution is 8.54. The van der Waals surface area contributed by atoms with Crippen molar-refractivity contribution in [2.75, 3.05) is 76.3 Å². The van der Waals surface area contributed by atoms with Gasteiger partial charge in [-0.05, 0) is 44.5 Å². The van der Waals surface area contributed by atoms with Gasteiger partial charge in [-0.3, -0.25) is 50.2 Å². The lowest BCUT2D eigenvalue weighted by Gasteiger charge is -2.38. The maximum atomic E-state index is 14.6. The van der Waals surface area contributed by atoms with Crippen LogP contribution in [0.15, 0.2) is 38.0 Å². The van der Waals surface area contributed by atoms with Crippen LogP contribution in [-0.2, 0) is 83.1 Å². The Hall–Kier alpha value is -4.93. The second-order valence-corrected chi connectivity index (χ2v) is 34.0. The number of fused-ring (bicyclic) bond motifs is 4. The van der Waals surface area contributed by atoms with Crippen molar-refractivity contribution < 1.29 is 113 Å². The van der Waals surface area contributed by atoms with Crippen molar-refractivity contribution >= 4 is 98.6 Å². The number of imidazole rings is 3. The number of phosphoric ester groups is 3. The van der Waals surface area contributed by atoms with E-state index in [2.05, 4.69) is 51.8 Å². The molecular formula is C58H91N15O24P4S. The Morgan fingerprint density at radius 2 is 1.11 bits per heavy atom. The number of ether oxygens (including phenoxy) is 6. The van der Waals surface area contributed by atoms with Crippen LogP contribution in [-0.4, -0.2) is 208 Å². The summed E-state index contributed by atoms with van der Waals surface area (Å²) in [6.45, 7) is -2.89. The molecule has 16 atom stereocenters. The number of esters is 1. The Balaban J connectivity index is 0.805. The monoisotopic (exact) mass is 1540 g/mol. The quantitative estimate of drug-likeness (QED) is 0.0110. The molecule has 4 fully saturated rings. The van der Waals surface area contributed by atoms with Gasteiger partial charge in [-0.15, -0.1) is 0 Å². The minimum atomic E-state index is -5.54. The molecule has 12 N–H and O–H groups in total. The lowest BCUT2D eigenvalue weighted by atomic mass is 9.87. The number of unbranched alkanes of at least 4 members (excludes halogenated alkanes) is 13. The standard InChI is InChI=1S/C58H91N15O24P4S/c1-5-6-7-8-9-10-11-12-13-14-15-16-17-18-20-57(2,3)56(76)87-25-26-102-101(83,84)97-45-46-58(21-19-23-86-46,94-55(45)73-35-70-40-49(61)64-32-67-52(40)73)29-91-100(81,82)95-43-41(75)36(92-53(43)71-33-68-38-47(59)62-30-65-50(38)71)27-90-99(79,80)96-44-42(85-4)37(28-89-98(77,78)88-24-22-74)93-54(44)72-34-69-39-48(60)63-31-66-51(39)72/h30-37,41-46,53-55,74-75H,5-29H2,1-4H3,(H,77,78)(H,79,80)(H,81,82)(H,83,84)(H2,59,62,65)(H2,60,63,66)(H2,61,64,67)/t36-,37-,41?,42?,43?,44?,45?,46?,53-,54-,55-,58-/m1/s1. The van der Waals surface area contributed by atoms with E-state index in [1.807, 2.05) is 13.8 Å². The van der Waals surface area contributed by atoms with Gasteiger partial charge in [0.2, 0.25) is 0 Å². The summed E-state index contributed by atoms with van der Waals surface area (Å²) in [5.74, 6) is -0.767. The molecule has 39 nitrogen and oxygen atoms in total. The number of hydrogen-bond acceptors (Lipinski definition) is 33. The number of aromatic nitrogens is 12. The van der Waals surface area contributed by atoms with Crippen LogP contribution in [0, 0.1) is 5.41 Å². The highest BCUT2D eigenvalue weighted by Crippen LogP contribution is 2.62. The molecule has 0 saturated carbocycles.